The summed E-state index contributed by atoms with van der Waals surface area (Å²) in [6.07, 6.45) is 0. The first-order valence-electron chi connectivity index (χ1n) is 10.2. The van der Waals surface area contributed by atoms with Crippen molar-refractivity contribution < 1.29 is 14.3 Å². The average Bonchev–Trinajstić information content (AvgIpc) is 2.73. The first-order chi connectivity index (χ1) is 15.0. The third-order valence-corrected chi connectivity index (χ3v) is 4.99. The van der Waals surface area contributed by atoms with Gasteiger partial charge in [-0.15, -0.1) is 0 Å². The van der Waals surface area contributed by atoms with Crippen LogP contribution in [-0.2, 0) is 17.9 Å². The molecule has 0 fully saturated rings. The minimum atomic E-state index is -0.0939. The standard InChI is InChI=1S/C25H27ClN2O3/c1-4-30-24-14-19(15-27-21-9-11-22(12-10-21)28-18(3)29)13-23(26)25(24)31-16-20-8-6-5-7-17(20)2/h5-14,27H,4,15-16H2,1-3H3,(H,28,29). The van der Waals surface area contributed by atoms with Crippen LogP contribution in [0.5, 0.6) is 11.5 Å². The second-order valence-electron chi connectivity index (χ2n) is 7.17. The Bertz CT molecular complexity index is 1040. The van der Waals surface area contributed by atoms with Crippen LogP contribution in [0.25, 0.3) is 0 Å². The Balaban J connectivity index is 1.70. The highest BCUT2D eigenvalue weighted by atomic mass is 35.5. The number of benzene rings is 3. The van der Waals surface area contributed by atoms with E-state index in [9.17, 15) is 4.79 Å². The lowest BCUT2D eigenvalue weighted by atomic mass is 10.1. The predicted molar refractivity (Wildman–Crippen MR) is 126 cm³/mol. The molecule has 0 saturated heterocycles. The number of nitrogens with one attached hydrogen (secondary N) is 2. The molecule has 5 nitrogen and oxygen atoms in total. The van der Waals surface area contributed by atoms with Gasteiger partial charge < -0.3 is 20.1 Å². The van der Waals surface area contributed by atoms with Gasteiger partial charge in [0, 0.05) is 24.8 Å². The van der Waals surface area contributed by atoms with Crippen molar-refractivity contribution in [3.8, 4) is 11.5 Å². The highest BCUT2D eigenvalue weighted by Crippen LogP contribution is 2.37. The maximum absolute atomic E-state index is 11.1. The molecule has 0 radical (unpaired) electrons. The third kappa shape index (κ3) is 6.40. The third-order valence-electron chi connectivity index (χ3n) is 4.70. The Morgan fingerprint density at radius 3 is 2.39 bits per heavy atom. The number of halogens is 1. The van der Waals surface area contributed by atoms with Crippen LogP contribution in [0.4, 0.5) is 11.4 Å². The Morgan fingerprint density at radius 2 is 1.71 bits per heavy atom. The van der Waals surface area contributed by atoms with Gasteiger partial charge in [-0.2, -0.15) is 0 Å². The van der Waals surface area contributed by atoms with Crippen LogP contribution >= 0.6 is 11.6 Å². The summed E-state index contributed by atoms with van der Waals surface area (Å²) in [6, 6.07) is 19.5. The fourth-order valence-corrected chi connectivity index (χ4v) is 3.42. The number of carbonyl (C=O) groups is 1. The zero-order valence-electron chi connectivity index (χ0n) is 18.0. The molecule has 6 heteroatoms. The molecule has 0 heterocycles. The molecule has 2 N–H and O–H groups in total. The van der Waals surface area contributed by atoms with Gasteiger partial charge >= 0.3 is 0 Å². The lowest BCUT2D eigenvalue weighted by molar-refractivity contribution is -0.114. The predicted octanol–water partition coefficient (Wildman–Crippen LogP) is 6.20. The first-order valence-corrected chi connectivity index (χ1v) is 10.6. The molecule has 0 aromatic heterocycles. The summed E-state index contributed by atoms with van der Waals surface area (Å²) in [6.45, 7) is 6.97. The van der Waals surface area contributed by atoms with Crippen LogP contribution in [0.1, 0.15) is 30.5 Å². The molecule has 162 valence electrons. The van der Waals surface area contributed by atoms with Crippen LogP contribution in [0, 0.1) is 6.92 Å². The Hall–Kier alpha value is -3.18. The number of carbonyl (C=O) groups excluding carboxylic acids is 1. The minimum Gasteiger partial charge on any atom is -0.490 e. The normalized spacial score (nSPS) is 10.5. The van der Waals surface area contributed by atoms with Crippen LogP contribution < -0.4 is 20.1 Å². The lowest BCUT2D eigenvalue weighted by Crippen LogP contribution is -2.06. The maximum Gasteiger partial charge on any atom is 0.221 e. The lowest BCUT2D eigenvalue weighted by Gasteiger charge is -2.16. The number of rotatable bonds is 9. The van der Waals surface area contributed by atoms with Crippen LogP contribution in [-0.4, -0.2) is 12.5 Å². The van der Waals surface area contributed by atoms with E-state index in [4.69, 9.17) is 21.1 Å². The number of aryl methyl sites for hydroxylation is 1. The summed E-state index contributed by atoms with van der Waals surface area (Å²) in [5.41, 5.74) is 4.94. The Labute approximate surface area is 188 Å². The molecule has 0 aliphatic rings. The summed E-state index contributed by atoms with van der Waals surface area (Å²) >= 11 is 6.55. The summed E-state index contributed by atoms with van der Waals surface area (Å²) in [7, 11) is 0. The quantitative estimate of drug-likeness (QED) is 0.417. The molecule has 0 saturated carbocycles. The van der Waals surface area contributed by atoms with Crippen molar-refractivity contribution in [3.63, 3.8) is 0 Å². The monoisotopic (exact) mass is 438 g/mol. The fraction of sp³-hybridized carbons (Fsp3) is 0.240. The second-order valence-corrected chi connectivity index (χ2v) is 7.57. The number of hydrogen-bond acceptors (Lipinski definition) is 4. The van der Waals surface area contributed by atoms with E-state index in [1.54, 1.807) is 0 Å². The Kier molecular flexibility index (Phi) is 7.79. The van der Waals surface area contributed by atoms with E-state index in [-0.39, 0.29) is 5.91 Å². The van der Waals surface area contributed by atoms with Gasteiger partial charge in [0.15, 0.2) is 11.5 Å². The van der Waals surface area contributed by atoms with Crippen LogP contribution in [0.2, 0.25) is 5.02 Å². The zero-order valence-corrected chi connectivity index (χ0v) is 18.8. The van der Waals surface area contributed by atoms with E-state index in [1.807, 2.05) is 61.5 Å². The number of ether oxygens (including phenoxy) is 2. The summed E-state index contributed by atoms with van der Waals surface area (Å²) in [5.74, 6) is 1.08. The molecule has 3 rings (SSSR count). The highest BCUT2D eigenvalue weighted by Gasteiger charge is 2.13. The highest BCUT2D eigenvalue weighted by molar-refractivity contribution is 6.32. The average molecular weight is 439 g/mol. The topological polar surface area (TPSA) is 59.6 Å². The van der Waals surface area contributed by atoms with E-state index in [0.29, 0.717) is 36.3 Å². The van der Waals surface area contributed by atoms with Gasteiger partial charge in [0.2, 0.25) is 5.91 Å². The van der Waals surface area contributed by atoms with Gasteiger partial charge in [-0.25, -0.2) is 0 Å². The van der Waals surface area contributed by atoms with E-state index in [0.717, 1.165) is 22.5 Å². The van der Waals surface area contributed by atoms with Gasteiger partial charge in [-0.05, 0) is 66.9 Å². The largest absolute Gasteiger partial charge is 0.490 e. The van der Waals surface area contributed by atoms with Crippen molar-refractivity contribution in [2.24, 2.45) is 0 Å². The molecule has 0 bridgehead atoms. The molecule has 31 heavy (non-hydrogen) atoms. The maximum atomic E-state index is 11.1. The van der Waals surface area contributed by atoms with Gasteiger partial charge in [0.1, 0.15) is 6.61 Å². The van der Waals surface area contributed by atoms with Crippen molar-refractivity contribution in [1.82, 2.24) is 0 Å². The minimum absolute atomic E-state index is 0.0939. The molecule has 0 aliphatic heterocycles. The van der Waals surface area contributed by atoms with E-state index < -0.39 is 0 Å². The molecular formula is C25H27ClN2O3. The van der Waals surface area contributed by atoms with E-state index in [1.165, 1.54) is 12.5 Å². The summed E-state index contributed by atoms with van der Waals surface area (Å²) in [5, 5.41) is 6.62. The molecule has 0 atom stereocenters. The molecule has 0 aliphatic carbocycles. The van der Waals surface area contributed by atoms with Crippen molar-refractivity contribution in [1.29, 1.82) is 0 Å². The molecule has 0 spiro atoms. The van der Waals surface area contributed by atoms with Gasteiger partial charge in [-0.1, -0.05) is 35.9 Å². The van der Waals surface area contributed by atoms with E-state index >= 15 is 0 Å². The number of anilines is 2. The molecule has 0 unspecified atom stereocenters. The summed E-state index contributed by atoms with van der Waals surface area (Å²) in [4.78, 5) is 11.1. The number of hydrogen-bond donors (Lipinski definition) is 2. The molecule has 1 amide bonds. The SMILES string of the molecule is CCOc1cc(CNc2ccc(NC(C)=O)cc2)cc(Cl)c1OCc1ccccc1C. The van der Waals surface area contributed by atoms with Crippen LogP contribution in [0.15, 0.2) is 60.7 Å². The van der Waals surface area contributed by atoms with Crippen LogP contribution in [0.3, 0.4) is 0 Å². The van der Waals surface area contributed by atoms with Crippen molar-refractivity contribution in [2.75, 3.05) is 17.2 Å². The fourth-order valence-electron chi connectivity index (χ4n) is 3.13. The van der Waals surface area contributed by atoms with Gasteiger partial charge in [0.25, 0.3) is 0 Å². The van der Waals surface area contributed by atoms with Gasteiger partial charge in [0.05, 0.1) is 11.6 Å². The molecule has 3 aromatic carbocycles. The first kappa shape index (κ1) is 22.5. The van der Waals surface area contributed by atoms with E-state index in [2.05, 4.69) is 23.6 Å². The summed E-state index contributed by atoms with van der Waals surface area (Å²) < 4.78 is 11.8. The Morgan fingerprint density at radius 1 is 1.00 bits per heavy atom. The smallest absolute Gasteiger partial charge is 0.221 e. The van der Waals surface area contributed by atoms with Crippen molar-refractivity contribution >= 4 is 28.9 Å². The molecule has 3 aromatic rings. The molecular weight excluding hydrogens is 412 g/mol. The number of amides is 1. The zero-order chi connectivity index (χ0) is 22.2. The second kappa shape index (κ2) is 10.7. The van der Waals surface area contributed by atoms with Gasteiger partial charge in [-0.3, -0.25) is 4.79 Å². The van der Waals surface area contributed by atoms with Crippen molar-refractivity contribution in [3.05, 3.63) is 82.4 Å². The van der Waals surface area contributed by atoms with Crippen molar-refractivity contribution in [2.45, 2.75) is 33.9 Å².